The summed E-state index contributed by atoms with van der Waals surface area (Å²) < 4.78 is 14.8. The number of hydrogen-bond donors (Lipinski definition) is 0. The number of aryl methyl sites for hydroxylation is 4. The summed E-state index contributed by atoms with van der Waals surface area (Å²) in [6, 6.07) is 54.2. The first-order valence-electron chi connectivity index (χ1n) is 19.9. The van der Waals surface area contributed by atoms with Gasteiger partial charge in [0.1, 0.15) is 12.7 Å². The van der Waals surface area contributed by atoms with Crippen LogP contribution in [-0.2, 0) is 42.1 Å². The minimum Gasteiger partial charge on any atom is -0.503 e. The molecule has 0 aliphatic rings. The topological polar surface area (TPSA) is 87.8 Å². The molecule has 10 aromatic rings. The van der Waals surface area contributed by atoms with Gasteiger partial charge >= 0.3 is 42.1 Å². The monoisotopic (exact) mass is 1180 g/mol. The van der Waals surface area contributed by atoms with Crippen molar-refractivity contribution in [2.45, 2.75) is 27.7 Å². The summed E-state index contributed by atoms with van der Waals surface area (Å²) in [5.74, 6) is 2.46. The zero-order valence-corrected chi connectivity index (χ0v) is 39.0. The fourth-order valence-electron chi connectivity index (χ4n) is 8.05. The molecule has 310 valence electrons. The van der Waals surface area contributed by atoms with Crippen molar-refractivity contribution in [1.29, 1.82) is 0 Å². The largest absolute Gasteiger partial charge is 2.00 e. The van der Waals surface area contributed by atoms with Crippen molar-refractivity contribution in [3.8, 4) is 73.7 Å². The van der Waals surface area contributed by atoms with Crippen LogP contribution in [0.15, 0.2) is 146 Å². The maximum Gasteiger partial charge on any atom is 2.00 e. The predicted molar refractivity (Wildman–Crippen MR) is 239 cm³/mol. The van der Waals surface area contributed by atoms with Gasteiger partial charge in [0.2, 0.25) is 5.95 Å². The average molecular weight is 1180 g/mol. The molecule has 0 atom stereocenters. The quantitative estimate of drug-likeness (QED) is 0.133. The summed E-state index contributed by atoms with van der Waals surface area (Å²) in [5.41, 5.74) is 14.1. The third-order valence-electron chi connectivity index (χ3n) is 10.8. The molecule has 0 spiro atoms. The maximum absolute atomic E-state index is 6.43. The minimum absolute atomic E-state index is 0. The van der Waals surface area contributed by atoms with E-state index in [9.17, 15) is 0 Å². The zero-order chi connectivity index (χ0) is 41.5. The van der Waals surface area contributed by atoms with E-state index in [2.05, 4.69) is 125 Å². The van der Waals surface area contributed by atoms with Crippen molar-refractivity contribution < 1.29 is 51.6 Å². The van der Waals surface area contributed by atoms with Gasteiger partial charge in [-0.05, 0) is 95.7 Å². The summed E-state index contributed by atoms with van der Waals surface area (Å²) in [5, 5.41) is 1.83. The van der Waals surface area contributed by atoms with E-state index in [4.69, 9.17) is 9.47 Å². The molecular formula is C53H36N6O2Pt2. The molecule has 0 aliphatic heterocycles. The number of rotatable bonds is 9. The summed E-state index contributed by atoms with van der Waals surface area (Å²) in [7, 11) is 0. The van der Waals surface area contributed by atoms with Crippen LogP contribution in [0.1, 0.15) is 22.3 Å². The molecule has 8 nitrogen and oxygen atoms in total. The van der Waals surface area contributed by atoms with E-state index >= 15 is 0 Å². The standard InChI is InChI=1S/C53H36N6O2.2Pt/c1-33-9-5-10-34(2)51(33)39-21-23-55-47(27-39)37-13-7-15-41(25-37)60-43-17-19-45-46-20-18-44(30-50(46)59(49(45)29-43)53-57-31-54-32-58-53)61-42-16-8-14-38(26-42)48-28-40(22-24-56-48)52-35(3)11-6-12-36(52)4;;/h5-24,27-28,31-32H,1-4H3;;/q-4;2*+2. The smallest absolute Gasteiger partial charge is 0.503 e. The van der Waals surface area contributed by atoms with Gasteiger partial charge in [-0.1, -0.05) is 71.7 Å². The first kappa shape index (κ1) is 43.1. The Kier molecular flexibility index (Phi) is 12.6. The predicted octanol–water partition coefficient (Wildman–Crippen LogP) is 12.4. The van der Waals surface area contributed by atoms with Crippen LogP contribution in [0.5, 0.6) is 23.0 Å². The van der Waals surface area contributed by atoms with E-state index in [0.29, 0.717) is 40.0 Å². The molecule has 0 amide bonds. The van der Waals surface area contributed by atoms with E-state index in [1.807, 2.05) is 89.8 Å². The maximum atomic E-state index is 6.43. The minimum atomic E-state index is 0. The molecular weight excluding hydrogens is 1140 g/mol. The van der Waals surface area contributed by atoms with Gasteiger partial charge in [0.15, 0.2) is 0 Å². The van der Waals surface area contributed by atoms with Crippen LogP contribution >= 0.6 is 0 Å². The van der Waals surface area contributed by atoms with E-state index in [1.165, 1.54) is 46.0 Å². The first-order valence-corrected chi connectivity index (χ1v) is 19.9. The van der Waals surface area contributed by atoms with Crippen LogP contribution in [0.25, 0.3) is 72.5 Å². The third kappa shape index (κ3) is 8.62. The van der Waals surface area contributed by atoms with Crippen LogP contribution in [0, 0.1) is 52.0 Å². The number of pyridine rings is 2. The summed E-state index contributed by atoms with van der Waals surface area (Å²) in [4.78, 5) is 22.5. The SMILES string of the molecule is Cc1cccc(C)c1-c1ccnc(-c2[c-]c(Oc3[c-]c4c(cc3)c3ccc(Oc5[c-]c(-c6cc(-c7c(C)cccc7C)ccn6)ccc5)[c-]c3n4-c3ncncn3)ccc2)c1.[Pt+2].[Pt+2]. The van der Waals surface area contributed by atoms with Crippen molar-refractivity contribution in [2.75, 3.05) is 0 Å². The molecule has 4 aromatic heterocycles. The van der Waals surface area contributed by atoms with E-state index < -0.39 is 0 Å². The Morgan fingerprint density at radius 1 is 0.444 bits per heavy atom. The van der Waals surface area contributed by atoms with Gasteiger partial charge in [0.25, 0.3) is 0 Å². The van der Waals surface area contributed by atoms with Crippen LogP contribution in [0.2, 0.25) is 0 Å². The Balaban J connectivity index is 0.00000272. The summed E-state index contributed by atoms with van der Waals surface area (Å²) in [6.45, 7) is 8.53. The second-order valence-electron chi connectivity index (χ2n) is 14.9. The Labute approximate surface area is 394 Å². The van der Waals surface area contributed by atoms with Crippen LogP contribution in [0.3, 0.4) is 0 Å². The number of nitrogens with zero attached hydrogens (tertiary/aromatic N) is 6. The second kappa shape index (κ2) is 18.4. The number of fused-ring (bicyclic) bond motifs is 3. The molecule has 0 bridgehead atoms. The Bertz CT molecular complexity index is 3040. The summed E-state index contributed by atoms with van der Waals surface area (Å²) in [6.07, 6.45) is 6.61. The molecule has 4 heterocycles. The van der Waals surface area contributed by atoms with Crippen LogP contribution in [-0.4, -0.2) is 29.5 Å². The van der Waals surface area contributed by atoms with Gasteiger partial charge in [-0.25, -0.2) is 15.0 Å². The molecule has 0 unspecified atom stereocenters. The van der Waals surface area contributed by atoms with E-state index in [1.54, 1.807) is 0 Å². The normalized spacial score (nSPS) is 10.9. The second-order valence-corrected chi connectivity index (χ2v) is 14.9. The zero-order valence-electron chi connectivity index (χ0n) is 34.5. The fourth-order valence-corrected chi connectivity index (χ4v) is 8.05. The Morgan fingerprint density at radius 2 is 0.857 bits per heavy atom. The van der Waals surface area contributed by atoms with Crippen LogP contribution in [0.4, 0.5) is 0 Å². The van der Waals surface area contributed by atoms with Crippen molar-refractivity contribution in [3.05, 3.63) is 193 Å². The third-order valence-corrected chi connectivity index (χ3v) is 10.8. The molecule has 6 aromatic carbocycles. The molecule has 0 saturated heterocycles. The molecule has 0 N–H and O–H groups in total. The van der Waals surface area contributed by atoms with Gasteiger partial charge in [-0.15, -0.1) is 71.8 Å². The van der Waals surface area contributed by atoms with E-state index in [-0.39, 0.29) is 42.1 Å². The molecule has 63 heavy (non-hydrogen) atoms. The molecule has 10 rings (SSSR count). The molecule has 0 saturated carbocycles. The van der Waals surface area contributed by atoms with Crippen molar-refractivity contribution >= 4 is 21.8 Å². The van der Waals surface area contributed by atoms with Gasteiger partial charge in [0, 0.05) is 35.4 Å². The average Bonchev–Trinajstić information content (AvgIpc) is 3.60. The Morgan fingerprint density at radius 3 is 1.30 bits per heavy atom. The van der Waals surface area contributed by atoms with Crippen molar-refractivity contribution in [2.24, 2.45) is 0 Å². The number of benzene rings is 6. The van der Waals surface area contributed by atoms with Crippen LogP contribution < -0.4 is 9.47 Å². The fraction of sp³-hybridized carbons (Fsp3) is 0.0755. The number of aromatic nitrogens is 6. The Hall–Kier alpha value is -6.59. The molecule has 0 radical (unpaired) electrons. The van der Waals surface area contributed by atoms with Gasteiger partial charge < -0.3 is 24.0 Å². The van der Waals surface area contributed by atoms with Gasteiger partial charge in [0.05, 0.1) is 0 Å². The molecule has 0 aliphatic carbocycles. The molecule has 0 fully saturated rings. The molecule has 10 heteroatoms. The first-order chi connectivity index (χ1) is 29.9. The number of hydrogen-bond acceptors (Lipinski definition) is 7. The van der Waals surface area contributed by atoms with E-state index in [0.717, 1.165) is 44.4 Å². The summed E-state index contributed by atoms with van der Waals surface area (Å²) >= 11 is 0. The number of ether oxygens (including phenoxy) is 2. The van der Waals surface area contributed by atoms with Crippen molar-refractivity contribution in [1.82, 2.24) is 29.5 Å². The van der Waals surface area contributed by atoms with Gasteiger partial charge in [-0.3, -0.25) is 0 Å². The van der Waals surface area contributed by atoms with Crippen molar-refractivity contribution in [3.63, 3.8) is 0 Å². The van der Waals surface area contributed by atoms with Gasteiger partial charge in [-0.2, -0.15) is 22.9 Å².